The molecule has 0 spiro atoms. The van der Waals surface area contributed by atoms with Crippen molar-refractivity contribution in [2.75, 3.05) is 25.7 Å². The standard InChI is InChI=1S/C11H13BrO4/c1-14-11(13)8-16-10-4-2-9(3-5-10)15-7-6-12/h2-5H,6-8H2,1H3. The van der Waals surface area contributed by atoms with E-state index >= 15 is 0 Å². The lowest BCUT2D eigenvalue weighted by Crippen LogP contribution is -2.12. The fourth-order valence-electron chi connectivity index (χ4n) is 0.990. The maximum atomic E-state index is 10.8. The Morgan fingerprint density at radius 3 is 2.25 bits per heavy atom. The lowest BCUT2D eigenvalue weighted by atomic mass is 10.3. The summed E-state index contributed by atoms with van der Waals surface area (Å²) < 4.78 is 15.0. The molecule has 0 heterocycles. The molecule has 0 atom stereocenters. The van der Waals surface area contributed by atoms with Crippen molar-refractivity contribution in [3.05, 3.63) is 24.3 Å². The van der Waals surface area contributed by atoms with Crippen LogP contribution in [0.3, 0.4) is 0 Å². The van der Waals surface area contributed by atoms with Gasteiger partial charge in [0.25, 0.3) is 0 Å². The molecule has 0 fully saturated rings. The number of alkyl halides is 1. The first-order chi connectivity index (χ1) is 7.76. The molecule has 0 aliphatic carbocycles. The molecule has 4 nitrogen and oxygen atoms in total. The second-order valence-electron chi connectivity index (χ2n) is 2.87. The number of hydrogen-bond acceptors (Lipinski definition) is 4. The number of carbonyl (C=O) groups is 1. The first-order valence-corrected chi connectivity index (χ1v) is 5.87. The van der Waals surface area contributed by atoms with Gasteiger partial charge in [0.15, 0.2) is 6.61 Å². The molecular weight excluding hydrogens is 276 g/mol. The van der Waals surface area contributed by atoms with Crippen LogP contribution >= 0.6 is 15.9 Å². The van der Waals surface area contributed by atoms with Gasteiger partial charge in [-0.3, -0.25) is 0 Å². The van der Waals surface area contributed by atoms with Gasteiger partial charge >= 0.3 is 5.97 Å². The summed E-state index contributed by atoms with van der Waals surface area (Å²) in [6.45, 7) is 0.528. The van der Waals surface area contributed by atoms with Crippen molar-refractivity contribution in [3.8, 4) is 11.5 Å². The molecule has 0 N–H and O–H groups in total. The number of rotatable bonds is 6. The lowest BCUT2D eigenvalue weighted by molar-refractivity contribution is -0.142. The first-order valence-electron chi connectivity index (χ1n) is 4.74. The summed E-state index contributed by atoms with van der Waals surface area (Å²) in [6.07, 6.45) is 0. The van der Waals surface area contributed by atoms with Crippen molar-refractivity contribution in [1.29, 1.82) is 0 Å². The minimum atomic E-state index is -0.403. The van der Waals surface area contributed by atoms with Crippen molar-refractivity contribution in [2.24, 2.45) is 0 Å². The van der Waals surface area contributed by atoms with Crippen molar-refractivity contribution in [2.45, 2.75) is 0 Å². The lowest BCUT2D eigenvalue weighted by Gasteiger charge is -2.06. The maximum Gasteiger partial charge on any atom is 0.343 e. The number of hydrogen-bond donors (Lipinski definition) is 0. The molecule has 0 aliphatic rings. The van der Waals surface area contributed by atoms with Crippen LogP contribution in [0.1, 0.15) is 0 Å². The Balaban J connectivity index is 2.41. The van der Waals surface area contributed by atoms with E-state index in [1.165, 1.54) is 7.11 Å². The molecule has 88 valence electrons. The molecule has 0 amide bonds. The Morgan fingerprint density at radius 1 is 1.19 bits per heavy atom. The van der Waals surface area contributed by atoms with Crippen molar-refractivity contribution < 1.29 is 19.0 Å². The molecule has 5 heteroatoms. The summed E-state index contributed by atoms with van der Waals surface area (Å²) in [5.41, 5.74) is 0. The van der Waals surface area contributed by atoms with Crippen molar-refractivity contribution in [3.63, 3.8) is 0 Å². The van der Waals surface area contributed by atoms with Crippen LogP contribution in [-0.2, 0) is 9.53 Å². The molecule has 1 rings (SSSR count). The highest BCUT2D eigenvalue weighted by molar-refractivity contribution is 9.09. The van der Waals surface area contributed by atoms with Crippen molar-refractivity contribution >= 4 is 21.9 Å². The van der Waals surface area contributed by atoms with Crippen LogP contribution in [0.25, 0.3) is 0 Å². The number of esters is 1. The minimum absolute atomic E-state index is 0.0852. The summed E-state index contributed by atoms with van der Waals surface area (Å²) in [6, 6.07) is 7.06. The Kier molecular flexibility index (Phi) is 5.71. The van der Waals surface area contributed by atoms with E-state index in [1.54, 1.807) is 24.3 Å². The Hall–Kier alpha value is -1.23. The SMILES string of the molecule is COC(=O)COc1ccc(OCCBr)cc1. The first kappa shape index (κ1) is 12.8. The largest absolute Gasteiger partial charge is 0.493 e. The molecule has 1 aromatic carbocycles. The number of halogens is 1. The van der Waals surface area contributed by atoms with Gasteiger partial charge in [0, 0.05) is 5.33 Å². The van der Waals surface area contributed by atoms with Gasteiger partial charge in [-0.1, -0.05) is 15.9 Å². The predicted octanol–water partition coefficient (Wildman–Crippen LogP) is 2.01. The van der Waals surface area contributed by atoms with Gasteiger partial charge in [-0.15, -0.1) is 0 Å². The molecule has 16 heavy (non-hydrogen) atoms. The van der Waals surface area contributed by atoms with Crippen LogP contribution in [-0.4, -0.2) is 31.6 Å². The molecule has 0 saturated heterocycles. The number of ether oxygens (including phenoxy) is 3. The molecule has 1 aromatic rings. The fraction of sp³-hybridized carbons (Fsp3) is 0.364. The van der Waals surface area contributed by atoms with Crippen molar-refractivity contribution in [1.82, 2.24) is 0 Å². The number of carbonyl (C=O) groups excluding carboxylic acids is 1. The van der Waals surface area contributed by atoms with Crippen LogP contribution in [0.4, 0.5) is 0 Å². The van der Waals surface area contributed by atoms with Crippen LogP contribution in [0.2, 0.25) is 0 Å². The third-order valence-electron chi connectivity index (χ3n) is 1.75. The topological polar surface area (TPSA) is 44.8 Å². The van der Waals surface area contributed by atoms with Gasteiger partial charge in [0.05, 0.1) is 13.7 Å². The summed E-state index contributed by atoms with van der Waals surface area (Å²) in [4.78, 5) is 10.8. The van der Waals surface area contributed by atoms with E-state index in [1.807, 2.05) is 0 Å². The van der Waals surface area contributed by atoms with E-state index in [0.29, 0.717) is 12.4 Å². The smallest absolute Gasteiger partial charge is 0.343 e. The molecule has 0 radical (unpaired) electrons. The second-order valence-corrected chi connectivity index (χ2v) is 3.67. The van der Waals surface area contributed by atoms with E-state index in [0.717, 1.165) is 11.1 Å². The molecule has 0 aliphatic heterocycles. The van der Waals surface area contributed by atoms with E-state index in [2.05, 4.69) is 20.7 Å². The molecule has 0 aromatic heterocycles. The van der Waals surface area contributed by atoms with Gasteiger partial charge < -0.3 is 14.2 Å². The van der Waals surface area contributed by atoms with E-state index in [4.69, 9.17) is 9.47 Å². The normalized spacial score (nSPS) is 9.62. The van der Waals surface area contributed by atoms with Gasteiger partial charge in [0.1, 0.15) is 11.5 Å². The molecular formula is C11H13BrO4. The van der Waals surface area contributed by atoms with Gasteiger partial charge in [0.2, 0.25) is 0 Å². The Bertz CT molecular complexity index is 323. The van der Waals surface area contributed by atoms with Gasteiger partial charge in [-0.2, -0.15) is 0 Å². The summed E-state index contributed by atoms with van der Waals surface area (Å²) in [5, 5.41) is 0.785. The molecule has 0 bridgehead atoms. The van der Waals surface area contributed by atoms with E-state index < -0.39 is 5.97 Å². The summed E-state index contributed by atoms with van der Waals surface area (Å²) in [7, 11) is 1.32. The highest BCUT2D eigenvalue weighted by Gasteiger charge is 2.01. The third kappa shape index (κ3) is 4.53. The molecule has 0 saturated carbocycles. The van der Waals surface area contributed by atoms with Crippen LogP contribution in [0.15, 0.2) is 24.3 Å². The minimum Gasteiger partial charge on any atom is -0.493 e. The van der Waals surface area contributed by atoms with Gasteiger partial charge in [-0.25, -0.2) is 4.79 Å². The highest BCUT2D eigenvalue weighted by atomic mass is 79.9. The Labute approximate surface area is 103 Å². The molecule has 0 unspecified atom stereocenters. The average Bonchev–Trinajstić information content (AvgIpc) is 2.34. The predicted molar refractivity (Wildman–Crippen MR) is 63.2 cm³/mol. The quantitative estimate of drug-likeness (QED) is 0.593. The Morgan fingerprint density at radius 2 is 1.75 bits per heavy atom. The number of methoxy groups -OCH3 is 1. The van der Waals surface area contributed by atoms with E-state index in [-0.39, 0.29) is 6.61 Å². The third-order valence-corrected chi connectivity index (χ3v) is 2.08. The zero-order valence-electron chi connectivity index (χ0n) is 8.94. The summed E-state index contributed by atoms with van der Waals surface area (Å²) in [5.74, 6) is 0.973. The monoisotopic (exact) mass is 288 g/mol. The summed E-state index contributed by atoms with van der Waals surface area (Å²) >= 11 is 3.27. The second kappa shape index (κ2) is 7.11. The average molecular weight is 289 g/mol. The van der Waals surface area contributed by atoms with Crippen LogP contribution < -0.4 is 9.47 Å². The van der Waals surface area contributed by atoms with Crippen LogP contribution in [0.5, 0.6) is 11.5 Å². The van der Waals surface area contributed by atoms with Gasteiger partial charge in [-0.05, 0) is 24.3 Å². The fourth-order valence-corrected chi connectivity index (χ4v) is 1.15. The zero-order chi connectivity index (χ0) is 11.8. The maximum absolute atomic E-state index is 10.8. The van der Waals surface area contributed by atoms with Crippen LogP contribution in [0, 0.1) is 0 Å². The highest BCUT2D eigenvalue weighted by Crippen LogP contribution is 2.17. The van der Waals surface area contributed by atoms with E-state index in [9.17, 15) is 4.79 Å². The number of benzene rings is 1. The zero-order valence-corrected chi connectivity index (χ0v) is 10.5.